The van der Waals surface area contributed by atoms with E-state index in [2.05, 4.69) is 26.1 Å². The quantitative estimate of drug-likeness (QED) is 0.328. The summed E-state index contributed by atoms with van der Waals surface area (Å²) in [5, 5.41) is 12.9. The van der Waals surface area contributed by atoms with Crippen molar-refractivity contribution in [1.29, 1.82) is 0 Å². The minimum atomic E-state index is -1.41. The first-order chi connectivity index (χ1) is 21.8. The van der Waals surface area contributed by atoms with Gasteiger partial charge in [0.05, 0.1) is 32.3 Å². The van der Waals surface area contributed by atoms with Gasteiger partial charge in [0.2, 0.25) is 17.7 Å². The van der Waals surface area contributed by atoms with E-state index in [1.807, 2.05) is 42.5 Å². The summed E-state index contributed by atoms with van der Waals surface area (Å²) >= 11 is 3.56. The number of β-amino-alcohol motifs (C(OH)–C–C–N with tert-alkyl or cyclic N) is 1. The van der Waals surface area contributed by atoms with Gasteiger partial charge in [0.1, 0.15) is 29.8 Å². The fourth-order valence-corrected chi connectivity index (χ4v) is 7.84. The predicted octanol–water partition coefficient (Wildman–Crippen LogP) is 0.763. The summed E-state index contributed by atoms with van der Waals surface area (Å²) in [4.78, 5) is 60.8. The van der Waals surface area contributed by atoms with Crippen LogP contribution in [-0.2, 0) is 33.4 Å². The van der Waals surface area contributed by atoms with Gasteiger partial charge < -0.3 is 34.4 Å². The number of nitrogens with zero attached hydrogens (tertiary/aromatic N) is 3. The third-order valence-corrected chi connectivity index (χ3v) is 10.00. The van der Waals surface area contributed by atoms with Crippen molar-refractivity contribution in [1.82, 2.24) is 20.0 Å². The van der Waals surface area contributed by atoms with Crippen molar-refractivity contribution in [3.63, 3.8) is 0 Å². The van der Waals surface area contributed by atoms with Crippen LogP contribution in [0.25, 0.3) is 0 Å². The van der Waals surface area contributed by atoms with Crippen molar-refractivity contribution in [3.8, 4) is 0 Å². The Bertz CT molecular complexity index is 1350. The molecular formula is C32H39BrN4O8. The summed E-state index contributed by atoms with van der Waals surface area (Å²) in [6.45, 7) is 3.65. The number of aliphatic hydroxyl groups excluding tert-OH is 1. The van der Waals surface area contributed by atoms with Crippen molar-refractivity contribution in [2.45, 2.75) is 36.7 Å². The van der Waals surface area contributed by atoms with E-state index in [0.717, 1.165) is 13.1 Å². The summed E-state index contributed by atoms with van der Waals surface area (Å²) in [6, 6.07) is 8.03. The fraction of sp³-hybridized carbons (Fsp3) is 0.562. The number of amides is 3. The second kappa shape index (κ2) is 13.7. The number of hydrogen-bond donors (Lipinski definition) is 2. The molecule has 6 atom stereocenters. The first-order valence-electron chi connectivity index (χ1n) is 15.6. The number of fused-ring (bicyclic) bond motifs is 2. The molecule has 5 bridgehead atoms. The Balaban J connectivity index is 1.36. The number of carbonyl (C=O) groups excluding carboxylic acids is 4. The highest BCUT2D eigenvalue weighted by molar-refractivity contribution is 9.11. The number of rotatable bonds is 6. The molecule has 1 aromatic carbocycles. The van der Waals surface area contributed by atoms with Gasteiger partial charge in [-0.3, -0.25) is 24.1 Å². The molecule has 1 spiro atoms. The van der Waals surface area contributed by atoms with Gasteiger partial charge in [-0.05, 0) is 18.1 Å². The molecule has 0 unspecified atom stereocenters. The van der Waals surface area contributed by atoms with Gasteiger partial charge >= 0.3 is 5.97 Å². The van der Waals surface area contributed by atoms with Crippen molar-refractivity contribution in [2.24, 2.45) is 11.8 Å². The maximum atomic E-state index is 14.6. The first-order valence-corrected chi connectivity index (χ1v) is 16.4. The molecule has 5 heterocycles. The fourth-order valence-electron chi connectivity index (χ4n) is 7.11. The SMILES string of the molecule is O=C1CC/C=C\CN(CCN2CCOCC2)C(=O)[C@H]2N(CCO)C(=O)[C@@H]3[C@@H](C(=O)O[C@@H](c4ccccc4)CN1)[C@@H]1O[C@@]32C=C1Br. The van der Waals surface area contributed by atoms with E-state index >= 15 is 0 Å². The zero-order valence-electron chi connectivity index (χ0n) is 25.0. The molecule has 2 N–H and O–H groups in total. The lowest BCUT2D eigenvalue weighted by Crippen LogP contribution is -2.57. The van der Waals surface area contributed by atoms with E-state index in [-0.39, 0.29) is 44.5 Å². The Morgan fingerprint density at radius 3 is 2.53 bits per heavy atom. The van der Waals surface area contributed by atoms with Crippen molar-refractivity contribution in [2.75, 3.05) is 65.6 Å². The number of benzene rings is 1. The van der Waals surface area contributed by atoms with E-state index in [9.17, 15) is 24.3 Å². The van der Waals surface area contributed by atoms with Crippen LogP contribution >= 0.6 is 15.9 Å². The standard InChI is InChI=1S/C32H39BrN4O8/c33-22-19-32-26-25(27(22)45-32)31(42)44-23(21-7-3-1-4-8-21)20-34-24(39)9-5-2-6-10-36(12-11-35-14-17-43-18-15-35)30(41)28(32)37(13-16-38)29(26)40/h1-4,6-8,19,23,25-28,38H,5,9-18,20H2,(H,34,39)/b6-2-/t23-,25-,26+,27-,28-,32+/m1/s1. The Morgan fingerprint density at radius 1 is 1.00 bits per heavy atom. The second-order valence-electron chi connectivity index (χ2n) is 12.0. The Hall–Kier alpha value is -3.10. The molecule has 3 saturated heterocycles. The van der Waals surface area contributed by atoms with Crippen LogP contribution in [0.3, 0.4) is 0 Å². The number of morpholine rings is 1. The van der Waals surface area contributed by atoms with E-state index in [1.165, 1.54) is 4.90 Å². The van der Waals surface area contributed by atoms with Crippen LogP contribution < -0.4 is 5.32 Å². The van der Waals surface area contributed by atoms with Crippen LogP contribution in [0.5, 0.6) is 0 Å². The number of hydrogen-bond acceptors (Lipinski definition) is 9. The number of nitrogens with one attached hydrogen (secondary N) is 1. The number of esters is 1. The minimum Gasteiger partial charge on any atom is -0.455 e. The summed E-state index contributed by atoms with van der Waals surface area (Å²) in [6.07, 6.45) is 4.57. The van der Waals surface area contributed by atoms with Gasteiger partial charge in [-0.15, -0.1) is 0 Å². The maximum absolute atomic E-state index is 14.6. The number of likely N-dealkylation sites (tertiary alicyclic amines) is 1. The third kappa shape index (κ3) is 6.20. The molecule has 45 heavy (non-hydrogen) atoms. The molecule has 5 aliphatic rings. The molecule has 0 radical (unpaired) electrons. The topological polar surface area (TPSA) is 138 Å². The summed E-state index contributed by atoms with van der Waals surface area (Å²) < 4.78 is 18.6. The molecular weight excluding hydrogens is 648 g/mol. The molecule has 12 nitrogen and oxygen atoms in total. The number of aliphatic hydroxyl groups is 1. The zero-order chi connectivity index (χ0) is 31.6. The highest BCUT2D eigenvalue weighted by Crippen LogP contribution is 2.59. The highest BCUT2D eigenvalue weighted by atomic mass is 79.9. The normalized spacial score (nSPS) is 33.6. The van der Waals surface area contributed by atoms with Crippen LogP contribution in [0.2, 0.25) is 0 Å². The van der Waals surface area contributed by atoms with E-state index in [0.29, 0.717) is 42.8 Å². The monoisotopic (exact) mass is 686 g/mol. The number of cyclic esters (lactones) is 1. The lowest BCUT2D eigenvalue weighted by molar-refractivity contribution is -0.160. The highest BCUT2D eigenvalue weighted by Gasteiger charge is 2.74. The molecule has 0 aliphatic carbocycles. The van der Waals surface area contributed by atoms with Crippen molar-refractivity contribution in [3.05, 3.63) is 58.6 Å². The van der Waals surface area contributed by atoms with E-state index < -0.39 is 47.6 Å². The summed E-state index contributed by atoms with van der Waals surface area (Å²) in [5.74, 6) is -3.65. The lowest BCUT2D eigenvalue weighted by Gasteiger charge is -2.36. The lowest BCUT2D eigenvalue weighted by atomic mass is 9.74. The van der Waals surface area contributed by atoms with Gasteiger partial charge in [0.25, 0.3) is 0 Å². The van der Waals surface area contributed by atoms with Gasteiger partial charge in [0, 0.05) is 50.2 Å². The van der Waals surface area contributed by atoms with Crippen LogP contribution in [0.4, 0.5) is 0 Å². The molecule has 13 heteroatoms. The molecule has 6 rings (SSSR count). The van der Waals surface area contributed by atoms with Crippen LogP contribution in [0.15, 0.2) is 53.0 Å². The second-order valence-corrected chi connectivity index (χ2v) is 12.9. The van der Waals surface area contributed by atoms with E-state index in [1.54, 1.807) is 11.0 Å². The predicted molar refractivity (Wildman–Crippen MR) is 165 cm³/mol. The molecule has 0 aromatic heterocycles. The number of ether oxygens (including phenoxy) is 3. The van der Waals surface area contributed by atoms with Crippen LogP contribution in [0, 0.1) is 11.8 Å². The van der Waals surface area contributed by atoms with Gasteiger partial charge in [-0.2, -0.15) is 0 Å². The molecule has 0 saturated carbocycles. The summed E-state index contributed by atoms with van der Waals surface area (Å²) in [5.41, 5.74) is -0.719. The number of carbonyl (C=O) groups is 4. The minimum absolute atomic E-state index is 0.0599. The van der Waals surface area contributed by atoms with Gasteiger partial charge in [-0.1, -0.05) is 58.4 Å². The average molecular weight is 688 g/mol. The number of halogens is 1. The van der Waals surface area contributed by atoms with Gasteiger partial charge in [-0.25, -0.2) is 0 Å². The Morgan fingerprint density at radius 2 is 1.78 bits per heavy atom. The number of allylic oxidation sites excluding steroid dienone is 1. The van der Waals surface area contributed by atoms with Crippen LogP contribution in [0.1, 0.15) is 24.5 Å². The molecule has 3 fully saturated rings. The molecule has 3 amide bonds. The van der Waals surface area contributed by atoms with Crippen molar-refractivity contribution < 1.29 is 38.5 Å². The Labute approximate surface area is 270 Å². The molecule has 5 aliphatic heterocycles. The average Bonchev–Trinajstić information content (AvgIpc) is 3.64. The van der Waals surface area contributed by atoms with E-state index in [4.69, 9.17) is 14.2 Å². The zero-order valence-corrected chi connectivity index (χ0v) is 26.6. The first kappa shape index (κ1) is 31.9. The van der Waals surface area contributed by atoms with Gasteiger partial charge in [0.15, 0.2) is 0 Å². The van der Waals surface area contributed by atoms with Crippen molar-refractivity contribution >= 4 is 39.6 Å². The molecule has 242 valence electrons. The maximum Gasteiger partial charge on any atom is 0.313 e. The largest absolute Gasteiger partial charge is 0.455 e. The Kier molecular flexibility index (Phi) is 9.71. The third-order valence-electron chi connectivity index (χ3n) is 9.32. The summed E-state index contributed by atoms with van der Waals surface area (Å²) in [7, 11) is 0. The smallest absolute Gasteiger partial charge is 0.313 e. The molecule has 1 aromatic rings. The van der Waals surface area contributed by atoms with Crippen LogP contribution in [-0.4, -0.2) is 127 Å².